The van der Waals surface area contributed by atoms with Gasteiger partial charge < -0.3 is 10.6 Å². The lowest BCUT2D eigenvalue weighted by atomic mass is 9.94. The summed E-state index contributed by atoms with van der Waals surface area (Å²) in [4.78, 5) is 2.59. The Bertz CT molecular complexity index is 398. The number of aryl methyl sites for hydroxylation is 1. The van der Waals surface area contributed by atoms with Crippen molar-refractivity contribution in [3.63, 3.8) is 0 Å². The van der Waals surface area contributed by atoms with Crippen molar-refractivity contribution < 1.29 is 0 Å². The third-order valence-electron chi connectivity index (χ3n) is 4.20. The zero-order chi connectivity index (χ0) is 13.2. The maximum atomic E-state index is 5.72. The fraction of sp³-hybridized carbons (Fsp3) is 0.625. The molecule has 0 aliphatic carbocycles. The maximum absolute atomic E-state index is 5.72. The van der Waals surface area contributed by atoms with E-state index < -0.39 is 0 Å². The Morgan fingerprint density at radius 1 is 1.33 bits per heavy atom. The van der Waals surface area contributed by atoms with Crippen LogP contribution < -0.4 is 10.6 Å². The van der Waals surface area contributed by atoms with Gasteiger partial charge in [0.25, 0.3) is 0 Å². The van der Waals surface area contributed by atoms with Crippen LogP contribution in [0.3, 0.4) is 0 Å². The lowest BCUT2D eigenvalue weighted by Gasteiger charge is -2.35. The summed E-state index contributed by atoms with van der Waals surface area (Å²) in [6, 6.07) is 8.82. The molecule has 2 rings (SSSR count). The largest absolute Gasteiger partial charge is 0.366 e. The highest BCUT2D eigenvalue weighted by molar-refractivity contribution is 5.56. The molecule has 0 aromatic heterocycles. The van der Waals surface area contributed by atoms with Crippen molar-refractivity contribution in [1.82, 2.24) is 0 Å². The standard InChI is InChI=1S/C16H26N2/c1-4-14-7-5-6-8-15(14)18-12-13(9-10-17)11-16(18,2)3/h5-8,13H,4,9-12,17H2,1-3H3. The van der Waals surface area contributed by atoms with Crippen LogP contribution in [0.5, 0.6) is 0 Å². The zero-order valence-corrected chi connectivity index (χ0v) is 11.9. The minimum absolute atomic E-state index is 0.255. The van der Waals surface area contributed by atoms with Crippen LogP contribution >= 0.6 is 0 Å². The molecule has 1 saturated heterocycles. The van der Waals surface area contributed by atoms with Crippen LogP contribution in [0.15, 0.2) is 24.3 Å². The normalized spacial score (nSPS) is 22.4. The topological polar surface area (TPSA) is 29.3 Å². The van der Waals surface area contributed by atoms with Crippen LogP contribution in [0.25, 0.3) is 0 Å². The molecule has 1 unspecified atom stereocenters. The van der Waals surface area contributed by atoms with Crippen LogP contribution in [-0.2, 0) is 6.42 Å². The highest BCUT2D eigenvalue weighted by atomic mass is 15.2. The Morgan fingerprint density at radius 3 is 2.72 bits per heavy atom. The summed E-state index contributed by atoms with van der Waals surface area (Å²) in [7, 11) is 0. The maximum Gasteiger partial charge on any atom is 0.0403 e. The van der Waals surface area contributed by atoms with E-state index in [2.05, 4.69) is 49.9 Å². The Balaban J connectivity index is 2.26. The minimum atomic E-state index is 0.255. The number of anilines is 1. The Hall–Kier alpha value is -1.02. The van der Waals surface area contributed by atoms with Gasteiger partial charge in [-0.25, -0.2) is 0 Å². The van der Waals surface area contributed by atoms with Crippen molar-refractivity contribution in [3.8, 4) is 0 Å². The van der Waals surface area contributed by atoms with Gasteiger partial charge in [0.1, 0.15) is 0 Å². The predicted octanol–water partition coefficient (Wildman–Crippen LogP) is 3.20. The summed E-state index contributed by atoms with van der Waals surface area (Å²) in [6.07, 6.45) is 3.50. The average molecular weight is 246 g/mol. The van der Waals surface area contributed by atoms with Gasteiger partial charge in [-0.15, -0.1) is 0 Å². The van der Waals surface area contributed by atoms with E-state index in [1.54, 1.807) is 0 Å². The highest BCUT2D eigenvalue weighted by Crippen LogP contribution is 2.39. The lowest BCUT2D eigenvalue weighted by molar-refractivity contribution is 0.458. The molecule has 1 aliphatic heterocycles. The van der Waals surface area contributed by atoms with Crippen LogP contribution in [0.4, 0.5) is 5.69 Å². The van der Waals surface area contributed by atoms with Crippen LogP contribution in [0.1, 0.15) is 39.2 Å². The highest BCUT2D eigenvalue weighted by Gasteiger charge is 2.38. The summed E-state index contributed by atoms with van der Waals surface area (Å²) in [6.45, 7) is 8.91. The molecule has 1 heterocycles. The Kier molecular flexibility index (Phi) is 3.96. The van der Waals surface area contributed by atoms with Gasteiger partial charge in [-0.3, -0.25) is 0 Å². The number of rotatable bonds is 4. The van der Waals surface area contributed by atoms with E-state index in [-0.39, 0.29) is 5.54 Å². The molecular formula is C16H26N2. The zero-order valence-electron chi connectivity index (χ0n) is 11.9. The summed E-state index contributed by atoms with van der Waals surface area (Å²) in [5.41, 5.74) is 8.85. The molecule has 2 heteroatoms. The second-order valence-corrected chi connectivity index (χ2v) is 6.05. The quantitative estimate of drug-likeness (QED) is 0.884. The fourth-order valence-corrected chi connectivity index (χ4v) is 3.31. The molecule has 0 saturated carbocycles. The molecule has 2 N–H and O–H groups in total. The minimum Gasteiger partial charge on any atom is -0.366 e. The smallest absolute Gasteiger partial charge is 0.0403 e. The first-order valence-electron chi connectivity index (χ1n) is 7.14. The van der Waals surface area contributed by atoms with Crippen molar-refractivity contribution in [2.24, 2.45) is 11.7 Å². The molecule has 18 heavy (non-hydrogen) atoms. The SMILES string of the molecule is CCc1ccccc1N1CC(CCN)CC1(C)C. The first kappa shape index (κ1) is 13.4. The Labute approximate surface area is 111 Å². The molecule has 1 aromatic carbocycles. The van der Waals surface area contributed by atoms with Crippen molar-refractivity contribution in [1.29, 1.82) is 0 Å². The molecule has 1 atom stereocenters. The second kappa shape index (κ2) is 5.31. The van der Waals surface area contributed by atoms with Gasteiger partial charge >= 0.3 is 0 Å². The third-order valence-corrected chi connectivity index (χ3v) is 4.20. The number of para-hydroxylation sites is 1. The molecule has 1 fully saturated rings. The van der Waals surface area contributed by atoms with Gasteiger partial charge in [-0.2, -0.15) is 0 Å². The molecule has 1 aliphatic rings. The molecule has 0 spiro atoms. The van der Waals surface area contributed by atoms with E-state index >= 15 is 0 Å². The van der Waals surface area contributed by atoms with E-state index in [4.69, 9.17) is 5.73 Å². The second-order valence-electron chi connectivity index (χ2n) is 6.05. The molecule has 100 valence electrons. The van der Waals surface area contributed by atoms with E-state index in [9.17, 15) is 0 Å². The molecule has 1 aromatic rings. The van der Waals surface area contributed by atoms with E-state index in [1.165, 1.54) is 17.7 Å². The summed E-state index contributed by atoms with van der Waals surface area (Å²) in [5.74, 6) is 0.745. The van der Waals surface area contributed by atoms with Crippen LogP contribution in [0.2, 0.25) is 0 Å². The summed E-state index contributed by atoms with van der Waals surface area (Å²) < 4.78 is 0. The van der Waals surface area contributed by atoms with E-state index in [1.807, 2.05) is 0 Å². The monoisotopic (exact) mass is 246 g/mol. The third kappa shape index (κ3) is 2.54. The molecule has 2 nitrogen and oxygen atoms in total. The van der Waals surface area contributed by atoms with Gasteiger partial charge in [0.05, 0.1) is 0 Å². The van der Waals surface area contributed by atoms with E-state index in [0.29, 0.717) is 0 Å². The number of nitrogens with zero attached hydrogens (tertiary/aromatic N) is 1. The molecular weight excluding hydrogens is 220 g/mol. The fourth-order valence-electron chi connectivity index (χ4n) is 3.31. The van der Waals surface area contributed by atoms with Gasteiger partial charge in [-0.1, -0.05) is 25.1 Å². The first-order valence-corrected chi connectivity index (χ1v) is 7.14. The van der Waals surface area contributed by atoms with Crippen molar-refractivity contribution >= 4 is 5.69 Å². The number of nitrogens with two attached hydrogens (primary N) is 1. The van der Waals surface area contributed by atoms with Gasteiger partial charge in [0.15, 0.2) is 0 Å². The van der Waals surface area contributed by atoms with Gasteiger partial charge in [0.2, 0.25) is 0 Å². The van der Waals surface area contributed by atoms with Gasteiger partial charge in [0, 0.05) is 17.8 Å². The number of benzene rings is 1. The van der Waals surface area contributed by atoms with E-state index in [0.717, 1.165) is 31.8 Å². The molecule has 0 amide bonds. The van der Waals surface area contributed by atoms with Crippen molar-refractivity contribution in [2.75, 3.05) is 18.0 Å². The van der Waals surface area contributed by atoms with Crippen molar-refractivity contribution in [2.45, 2.75) is 45.6 Å². The number of hydrogen-bond acceptors (Lipinski definition) is 2. The Morgan fingerprint density at radius 2 is 2.06 bits per heavy atom. The molecule has 0 radical (unpaired) electrons. The molecule has 0 bridgehead atoms. The number of hydrogen-bond donors (Lipinski definition) is 1. The van der Waals surface area contributed by atoms with Crippen molar-refractivity contribution in [3.05, 3.63) is 29.8 Å². The predicted molar refractivity (Wildman–Crippen MR) is 79.0 cm³/mol. The van der Waals surface area contributed by atoms with Gasteiger partial charge in [-0.05, 0) is 57.2 Å². The first-order chi connectivity index (χ1) is 8.58. The summed E-state index contributed by atoms with van der Waals surface area (Å²) in [5, 5.41) is 0. The average Bonchev–Trinajstić information content (AvgIpc) is 2.64. The lowest BCUT2D eigenvalue weighted by Crippen LogP contribution is -2.38. The summed E-state index contributed by atoms with van der Waals surface area (Å²) >= 11 is 0. The van der Waals surface area contributed by atoms with Crippen LogP contribution in [0, 0.1) is 5.92 Å². The van der Waals surface area contributed by atoms with Crippen LogP contribution in [-0.4, -0.2) is 18.6 Å².